The molecule has 0 fully saturated rings. The molecule has 0 aliphatic carbocycles. The van der Waals surface area contributed by atoms with Crippen LogP contribution in [0.25, 0.3) is 0 Å². The topological polar surface area (TPSA) is 42.4 Å². The molecule has 1 unspecified atom stereocenters. The Morgan fingerprint density at radius 3 is 2.56 bits per heavy atom. The number of nitrogens with two attached hydrogens (primary N) is 1. The van der Waals surface area contributed by atoms with Crippen LogP contribution in [-0.2, 0) is 6.54 Å². The summed E-state index contributed by atoms with van der Waals surface area (Å²) in [6.07, 6.45) is 1.70. The molecule has 2 N–H and O–H groups in total. The zero-order chi connectivity index (χ0) is 13.0. The van der Waals surface area contributed by atoms with E-state index in [1.165, 1.54) is 11.1 Å². The third kappa shape index (κ3) is 3.45. The molecular weight excluding hydrogens is 224 g/mol. The Kier molecular flexibility index (Phi) is 4.18. The maximum absolute atomic E-state index is 6.20. The highest BCUT2D eigenvalue weighted by Crippen LogP contribution is 2.13. The first kappa shape index (κ1) is 12.9. The lowest BCUT2D eigenvalue weighted by Gasteiger charge is -2.20. The lowest BCUT2D eigenvalue weighted by atomic mass is 10.1. The summed E-state index contributed by atoms with van der Waals surface area (Å²) < 4.78 is 5.32. The van der Waals surface area contributed by atoms with E-state index in [1.807, 2.05) is 12.1 Å². The molecule has 0 aliphatic rings. The summed E-state index contributed by atoms with van der Waals surface area (Å²) in [5.74, 6) is 0.966. The Morgan fingerprint density at radius 1 is 1.22 bits per heavy atom. The highest BCUT2D eigenvalue weighted by atomic mass is 16.3. The van der Waals surface area contributed by atoms with Crippen LogP contribution in [0.1, 0.15) is 22.9 Å². The maximum atomic E-state index is 6.20. The molecule has 2 rings (SSSR count). The number of nitrogens with zero attached hydrogens (tertiary/aromatic N) is 1. The molecule has 3 nitrogen and oxygen atoms in total. The van der Waals surface area contributed by atoms with Gasteiger partial charge in [0, 0.05) is 12.6 Å². The van der Waals surface area contributed by atoms with Crippen molar-refractivity contribution in [1.82, 2.24) is 4.90 Å². The summed E-state index contributed by atoms with van der Waals surface area (Å²) >= 11 is 0. The SMILES string of the molecule is Cc1ccc(C(N)CN(C)Cc2ccco2)cc1. The van der Waals surface area contributed by atoms with Crippen LogP contribution in [-0.4, -0.2) is 18.5 Å². The van der Waals surface area contributed by atoms with E-state index in [2.05, 4.69) is 43.1 Å². The van der Waals surface area contributed by atoms with E-state index < -0.39 is 0 Å². The first-order valence-electron chi connectivity index (χ1n) is 6.18. The summed E-state index contributed by atoms with van der Waals surface area (Å²) in [4.78, 5) is 2.17. The van der Waals surface area contributed by atoms with E-state index in [0.717, 1.165) is 18.8 Å². The summed E-state index contributed by atoms with van der Waals surface area (Å²) in [6, 6.07) is 12.3. The molecule has 2 aromatic rings. The standard InChI is InChI=1S/C15H20N2O/c1-12-5-7-13(8-6-12)15(16)11-17(2)10-14-4-3-9-18-14/h3-9,15H,10-11,16H2,1-2H3. The average molecular weight is 244 g/mol. The van der Waals surface area contributed by atoms with Crippen molar-refractivity contribution in [2.75, 3.05) is 13.6 Å². The van der Waals surface area contributed by atoms with Crippen LogP contribution >= 0.6 is 0 Å². The van der Waals surface area contributed by atoms with E-state index in [0.29, 0.717) is 0 Å². The summed E-state index contributed by atoms with van der Waals surface area (Å²) in [5, 5.41) is 0. The normalized spacial score (nSPS) is 12.9. The fourth-order valence-corrected chi connectivity index (χ4v) is 1.99. The lowest BCUT2D eigenvalue weighted by molar-refractivity contribution is 0.278. The van der Waals surface area contributed by atoms with Crippen LogP contribution in [0.15, 0.2) is 47.1 Å². The van der Waals surface area contributed by atoms with Gasteiger partial charge in [0.1, 0.15) is 5.76 Å². The fraction of sp³-hybridized carbons (Fsp3) is 0.333. The van der Waals surface area contributed by atoms with Crippen molar-refractivity contribution < 1.29 is 4.42 Å². The predicted molar refractivity (Wildman–Crippen MR) is 73.1 cm³/mol. The van der Waals surface area contributed by atoms with Crippen molar-refractivity contribution in [2.45, 2.75) is 19.5 Å². The molecule has 1 aromatic heterocycles. The van der Waals surface area contributed by atoms with Crippen LogP contribution in [0.5, 0.6) is 0 Å². The number of furan rings is 1. The largest absolute Gasteiger partial charge is 0.468 e. The molecule has 0 aliphatic heterocycles. The molecule has 96 valence electrons. The van der Waals surface area contributed by atoms with E-state index in [-0.39, 0.29) is 6.04 Å². The second-order valence-corrected chi connectivity index (χ2v) is 4.79. The second kappa shape index (κ2) is 5.85. The highest BCUT2D eigenvalue weighted by Gasteiger charge is 2.10. The Morgan fingerprint density at radius 2 is 1.94 bits per heavy atom. The van der Waals surface area contributed by atoms with Gasteiger partial charge >= 0.3 is 0 Å². The van der Waals surface area contributed by atoms with Crippen molar-refractivity contribution in [1.29, 1.82) is 0 Å². The smallest absolute Gasteiger partial charge is 0.117 e. The number of rotatable bonds is 5. The number of likely N-dealkylation sites (N-methyl/N-ethyl adjacent to an activating group) is 1. The van der Waals surface area contributed by atoms with Crippen molar-refractivity contribution in [3.05, 3.63) is 59.5 Å². The zero-order valence-electron chi connectivity index (χ0n) is 11.0. The Hall–Kier alpha value is -1.58. The van der Waals surface area contributed by atoms with Gasteiger partial charge in [-0.3, -0.25) is 4.90 Å². The van der Waals surface area contributed by atoms with Gasteiger partial charge < -0.3 is 10.2 Å². The molecule has 0 amide bonds. The average Bonchev–Trinajstić information content (AvgIpc) is 2.82. The third-order valence-electron chi connectivity index (χ3n) is 3.02. The van der Waals surface area contributed by atoms with Gasteiger partial charge in [0.2, 0.25) is 0 Å². The van der Waals surface area contributed by atoms with E-state index in [9.17, 15) is 0 Å². The van der Waals surface area contributed by atoms with Gasteiger partial charge in [0.05, 0.1) is 12.8 Å². The lowest BCUT2D eigenvalue weighted by Crippen LogP contribution is -2.28. The quantitative estimate of drug-likeness (QED) is 0.879. The number of hydrogen-bond donors (Lipinski definition) is 1. The van der Waals surface area contributed by atoms with Crippen LogP contribution < -0.4 is 5.73 Å². The number of benzene rings is 1. The van der Waals surface area contributed by atoms with Gasteiger partial charge in [-0.25, -0.2) is 0 Å². The Bertz CT molecular complexity index is 462. The van der Waals surface area contributed by atoms with Crippen molar-refractivity contribution in [2.24, 2.45) is 5.73 Å². The van der Waals surface area contributed by atoms with Crippen molar-refractivity contribution in [3.8, 4) is 0 Å². The molecule has 0 saturated carbocycles. The minimum Gasteiger partial charge on any atom is -0.468 e. The molecule has 3 heteroatoms. The fourth-order valence-electron chi connectivity index (χ4n) is 1.99. The zero-order valence-corrected chi connectivity index (χ0v) is 11.0. The van der Waals surface area contributed by atoms with Gasteiger partial charge in [-0.15, -0.1) is 0 Å². The van der Waals surface area contributed by atoms with E-state index >= 15 is 0 Å². The number of aryl methyl sites for hydroxylation is 1. The predicted octanol–water partition coefficient (Wildman–Crippen LogP) is 2.72. The molecule has 0 bridgehead atoms. The molecule has 1 heterocycles. The minimum absolute atomic E-state index is 0.0329. The van der Waals surface area contributed by atoms with E-state index in [1.54, 1.807) is 6.26 Å². The van der Waals surface area contributed by atoms with Crippen molar-refractivity contribution in [3.63, 3.8) is 0 Å². The minimum atomic E-state index is 0.0329. The molecule has 0 spiro atoms. The highest BCUT2D eigenvalue weighted by molar-refractivity contribution is 5.24. The van der Waals surface area contributed by atoms with Crippen LogP contribution in [0.4, 0.5) is 0 Å². The molecule has 1 aromatic carbocycles. The summed E-state index contributed by atoms with van der Waals surface area (Å²) in [5.41, 5.74) is 8.63. The first-order chi connectivity index (χ1) is 8.65. The van der Waals surface area contributed by atoms with E-state index in [4.69, 9.17) is 10.2 Å². The van der Waals surface area contributed by atoms with Crippen LogP contribution in [0, 0.1) is 6.92 Å². The van der Waals surface area contributed by atoms with Crippen LogP contribution in [0.3, 0.4) is 0 Å². The molecule has 18 heavy (non-hydrogen) atoms. The second-order valence-electron chi connectivity index (χ2n) is 4.79. The van der Waals surface area contributed by atoms with Gasteiger partial charge in [0.25, 0.3) is 0 Å². The Labute approximate surface area is 108 Å². The summed E-state index contributed by atoms with van der Waals surface area (Å²) in [7, 11) is 2.05. The monoisotopic (exact) mass is 244 g/mol. The molecule has 1 atom stereocenters. The van der Waals surface area contributed by atoms with Gasteiger partial charge in [-0.2, -0.15) is 0 Å². The third-order valence-corrected chi connectivity index (χ3v) is 3.02. The summed E-state index contributed by atoms with van der Waals surface area (Å²) in [6.45, 7) is 3.68. The molecule has 0 radical (unpaired) electrons. The van der Waals surface area contributed by atoms with Gasteiger partial charge in [-0.1, -0.05) is 29.8 Å². The first-order valence-corrected chi connectivity index (χ1v) is 6.18. The molecule has 0 saturated heterocycles. The number of hydrogen-bond acceptors (Lipinski definition) is 3. The maximum Gasteiger partial charge on any atom is 0.117 e. The van der Waals surface area contributed by atoms with Crippen molar-refractivity contribution >= 4 is 0 Å². The van der Waals surface area contributed by atoms with Crippen LogP contribution in [0.2, 0.25) is 0 Å². The molecular formula is C15H20N2O. The Balaban J connectivity index is 1.90. The van der Waals surface area contributed by atoms with Gasteiger partial charge in [0.15, 0.2) is 0 Å². The van der Waals surface area contributed by atoms with Gasteiger partial charge in [-0.05, 0) is 31.7 Å².